The minimum Gasteiger partial charge on any atom is -0.493 e. The fourth-order valence-corrected chi connectivity index (χ4v) is 4.09. The summed E-state index contributed by atoms with van der Waals surface area (Å²) >= 11 is 0. The number of hydrogen-bond donors (Lipinski definition) is 1. The number of amides is 1. The summed E-state index contributed by atoms with van der Waals surface area (Å²) < 4.78 is 29.8. The second-order valence-electron chi connectivity index (χ2n) is 7.37. The Morgan fingerprint density at radius 3 is 2.50 bits per heavy atom. The van der Waals surface area contributed by atoms with E-state index < -0.39 is 0 Å². The number of rotatable bonds is 6. The van der Waals surface area contributed by atoms with E-state index in [0.29, 0.717) is 43.2 Å². The maximum absolute atomic E-state index is 13.7. The molecule has 6 nitrogen and oxygen atoms in total. The lowest BCUT2D eigenvalue weighted by atomic mass is 10.0. The number of hydrogen-bond acceptors (Lipinski definition) is 4. The van der Waals surface area contributed by atoms with Crippen LogP contribution in [0.15, 0.2) is 30.3 Å². The highest BCUT2D eigenvalue weighted by Crippen LogP contribution is 2.38. The third-order valence-corrected chi connectivity index (χ3v) is 5.64. The van der Waals surface area contributed by atoms with E-state index in [2.05, 4.69) is 4.98 Å². The SMILES string of the molecule is COc1cc(CCC(=O)N2CCc3[nH]c4ccc(F)cc4c3C2)cc(OC)c1OC. The number of benzene rings is 2. The first-order valence-corrected chi connectivity index (χ1v) is 9.89. The number of nitrogens with one attached hydrogen (secondary N) is 1. The number of methoxy groups -OCH3 is 3. The Balaban J connectivity index is 1.48. The van der Waals surface area contributed by atoms with Crippen molar-refractivity contribution in [2.45, 2.75) is 25.8 Å². The van der Waals surface area contributed by atoms with E-state index in [1.807, 2.05) is 17.0 Å². The second kappa shape index (κ2) is 8.26. The Bertz CT molecular complexity index is 1070. The van der Waals surface area contributed by atoms with Gasteiger partial charge in [0.05, 0.1) is 21.3 Å². The topological polar surface area (TPSA) is 63.8 Å². The molecule has 3 aromatic rings. The second-order valence-corrected chi connectivity index (χ2v) is 7.37. The predicted octanol–water partition coefficient (Wildman–Crippen LogP) is 3.85. The third-order valence-electron chi connectivity index (χ3n) is 5.64. The molecule has 7 heteroatoms. The van der Waals surface area contributed by atoms with Gasteiger partial charge in [0.25, 0.3) is 0 Å². The highest BCUT2D eigenvalue weighted by atomic mass is 19.1. The molecule has 1 amide bonds. The van der Waals surface area contributed by atoms with Gasteiger partial charge < -0.3 is 24.1 Å². The number of H-pyrrole nitrogens is 1. The predicted molar refractivity (Wildman–Crippen MR) is 112 cm³/mol. The van der Waals surface area contributed by atoms with E-state index in [1.54, 1.807) is 27.4 Å². The van der Waals surface area contributed by atoms with Crippen molar-refractivity contribution in [3.8, 4) is 17.2 Å². The Kier molecular flexibility index (Phi) is 5.53. The molecule has 1 aliphatic heterocycles. The maximum Gasteiger partial charge on any atom is 0.223 e. The molecule has 2 aromatic carbocycles. The molecule has 1 aromatic heterocycles. The van der Waals surface area contributed by atoms with Crippen molar-refractivity contribution >= 4 is 16.8 Å². The van der Waals surface area contributed by atoms with Crippen molar-refractivity contribution in [1.82, 2.24) is 9.88 Å². The van der Waals surface area contributed by atoms with Crippen molar-refractivity contribution < 1.29 is 23.4 Å². The van der Waals surface area contributed by atoms with Gasteiger partial charge in [0.1, 0.15) is 5.82 Å². The number of halogens is 1. The van der Waals surface area contributed by atoms with E-state index >= 15 is 0 Å². The van der Waals surface area contributed by atoms with Crippen LogP contribution >= 0.6 is 0 Å². The van der Waals surface area contributed by atoms with Gasteiger partial charge in [-0.1, -0.05) is 0 Å². The molecule has 1 N–H and O–H groups in total. The lowest BCUT2D eigenvalue weighted by Crippen LogP contribution is -2.35. The molecule has 30 heavy (non-hydrogen) atoms. The smallest absolute Gasteiger partial charge is 0.223 e. The van der Waals surface area contributed by atoms with Crippen molar-refractivity contribution in [2.75, 3.05) is 27.9 Å². The normalized spacial score (nSPS) is 13.3. The lowest BCUT2D eigenvalue weighted by Gasteiger charge is -2.27. The minimum atomic E-state index is -0.268. The fraction of sp³-hybridized carbons (Fsp3) is 0.348. The van der Waals surface area contributed by atoms with Crippen LogP contribution in [0.3, 0.4) is 0 Å². The number of nitrogens with zero attached hydrogens (tertiary/aromatic N) is 1. The molecule has 0 atom stereocenters. The fourth-order valence-electron chi connectivity index (χ4n) is 4.09. The van der Waals surface area contributed by atoms with Crippen LogP contribution in [0.2, 0.25) is 0 Å². The van der Waals surface area contributed by atoms with Gasteiger partial charge in [-0.2, -0.15) is 0 Å². The van der Waals surface area contributed by atoms with Crippen LogP contribution in [-0.2, 0) is 24.2 Å². The first-order valence-electron chi connectivity index (χ1n) is 9.89. The largest absolute Gasteiger partial charge is 0.493 e. The number of aryl methyl sites for hydroxylation is 1. The summed E-state index contributed by atoms with van der Waals surface area (Å²) in [6.07, 6.45) is 1.66. The van der Waals surface area contributed by atoms with Gasteiger partial charge in [0.2, 0.25) is 11.7 Å². The van der Waals surface area contributed by atoms with Crippen LogP contribution in [0.5, 0.6) is 17.2 Å². The molecule has 0 aliphatic carbocycles. The number of aromatic amines is 1. The van der Waals surface area contributed by atoms with E-state index in [4.69, 9.17) is 14.2 Å². The van der Waals surface area contributed by atoms with Crippen molar-refractivity contribution in [3.05, 3.63) is 53.0 Å². The molecule has 0 radical (unpaired) electrons. The molecule has 0 spiro atoms. The summed E-state index contributed by atoms with van der Waals surface area (Å²) in [4.78, 5) is 18.1. The van der Waals surface area contributed by atoms with Crippen LogP contribution in [0, 0.1) is 5.82 Å². The van der Waals surface area contributed by atoms with Crippen molar-refractivity contribution in [2.24, 2.45) is 0 Å². The summed E-state index contributed by atoms with van der Waals surface area (Å²) in [7, 11) is 4.70. The molecular formula is C23H25FN2O4. The van der Waals surface area contributed by atoms with E-state index in [-0.39, 0.29) is 11.7 Å². The number of aromatic nitrogens is 1. The number of fused-ring (bicyclic) bond motifs is 3. The van der Waals surface area contributed by atoms with Gasteiger partial charge in [-0.3, -0.25) is 4.79 Å². The highest BCUT2D eigenvalue weighted by molar-refractivity contribution is 5.86. The molecule has 0 saturated carbocycles. The van der Waals surface area contributed by atoms with Crippen LogP contribution in [0.4, 0.5) is 4.39 Å². The molecule has 0 bridgehead atoms. The van der Waals surface area contributed by atoms with Crippen LogP contribution in [-0.4, -0.2) is 43.7 Å². The molecule has 0 saturated heterocycles. The Morgan fingerprint density at radius 2 is 1.83 bits per heavy atom. The summed E-state index contributed by atoms with van der Waals surface area (Å²) in [5.74, 6) is 1.48. The van der Waals surface area contributed by atoms with Crippen LogP contribution < -0.4 is 14.2 Å². The zero-order valence-corrected chi connectivity index (χ0v) is 17.4. The summed E-state index contributed by atoms with van der Waals surface area (Å²) in [5.41, 5.74) is 3.94. The van der Waals surface area contributed by atoms with E-state index in [9.17, 15) is 9.18 Å². The minimum absolute atomic E-state index is 0.0696. The Labute approximate surface area is 174 Å². The maximum atomic E-state index is 13.7. The molecule has 1 aliphatic rings. The summed E-state index contributed by atoms with van der Waals surface area (Å²) in [6, 6.07) is 8.47. The molecule has 0 fully saturated rings. The van der Waals surface area contributed by atoms with E-state index in [0.717, 1.165) is 34.1 Å². The molecule has 2 heterocycles. The van der Waals surface area contributed by atoms with Crippen molar-refractivity contribution in [3.63, 3.8) is 0 Å². The Morgan fingerprint density at radius 1 is 1.10 bits per heavy atom. The molecule has 4 rings (SSSR count). The van der Waals surface area contributed by atoms with Gasteiger partial charge in [-0.25, -0.2) is 4.39 Å². The van der Waals surface area contributed by atoms with E-state index in [1.165, 1.54) is 12.1 Å². The lowest BCUT2D eigenvalue weighted by molar-refractivity contribution is -0.132. The van der Waals surface area contributed by atoms with Gasteiger partial charge in [-0.05, 0) is 42.3 Å². The zero-order chi connectivity index (χ0) is 21.3. The molecular weight excluding hydrogens is 387 g/mol. The molecule has 158 valence electrons. The van der Waals surface area contributed by atoms with Crippen LogP contribution in [0.25, 0.3) is 10.9 Å². The van der Waals surface area contributed by atoms with Gasteiger partial charge in [-0.15, -0.1) is 0 Å². The summed E-state index contributed by atoms with van der Waals surface area (Å²) in [5, 5.41) is 0.854. The average Bonchev–Trinajstić information content (AvgIpc) is 3.13. The highest BCUT2D eigenvalue weighted by Gasteiger charge is 2.24. The number of carbonyl (C=O) groups excluding carboxylic acids is 1. The monoisotopic (exact) mass is 412 g/mol. The number of carbonyl (C=O) groups is 1. The third kappa shape index (κ3) is 3.67. The first-order chi connectivity index (χ1) is 14.5. The Hall–Kier alpha value is -3.22. The first kappa shape index (κ1) is 20.1. The standard InChI is InChI=1S/C23H25FN2O4/c1-28-20-10-14(11-21(29-2)23(20)30-3)4-7-22(27)26-9-8-19-17(13-26)16-12-15(24)5-6-18(16)25-19/h5-6,10-12,25H,4,7-9,13H2,1-3H3. The van der Waals surface area contributed by atoms with Crippen LogP contribution in [0.1, 0.15) is 23.2 Å². The summed E-state index contributed by atoms with van der Waals surface area (Å²) in [6.45, 7) is 1.14. The molecule has 0 unspecified atom stereocenters. The number of ether oxygens (including phenoxy) is 3. The van der Waals surface area contributed by atoms with Gasteiger partial charge in [0, 0.05) is 48.1 Å². The van der Waals surface area contributed by atoms with Crippen molar-refractivity contribution in [1.29, 1.82) is 0 Å². The quantitative estimate of drug-likeness (QED) is 0.668. The van der Waals surface area contributed by atoms with Gasteiger partial charge >= 0.3 is 0 Å². The zero-order valence-electron chi connectivity index (χ0n) is 17.4. The average molecular weight is 412 g/mol. The van der Waals surface area contributed by atoms with Gasteiger partial charge in [0.15, 0.2) is 11.5 Å².